The summed E-state index contributed by atoms with van der Waals surface area (Å²) in [6.45, 7) is 1.97. The summed E-state index contributed by atoms with van der Waals surface area (Å²) in [5.41, 5.74) is 1.96. The van der Waals surface area contributed by atoms with Crippen molar-refractivity contribution < 1.29 is 4.79 Å². The highest BCUT2D eigenvalue weighted by atomic mass is 32.1. The number of carbonyl (C=O) groups excluding carboxylic acids is 1. The van der Waals surface area contributed by atoms with Crippen LogP contribution in [0.4, 0.5) is 5.69 Å². The summed E-state index contributed by atoms with van der Waals surface area (Å²) in [5, 5.41) is 2.82. The van der Waals surface area contributed by atoms with E-state index in [9.17, 15) is 4.79 Å². The van der Waals surface area contributed by atoms with Gasteiger partial charge in [0.25, 0.3) is 0 Å². The summed E-state index contributed by atoms with van der Waals surface area (Å²) >= 11 is 3.99. The van der Waals surface area contributed by atoms with E-state index in [0.717, 1.165) is 11.3 Å². The van der Waals surface area contributed by atoms with Gasteiger partial charge in [0.2, 0.25) is 5.91 Å². The Kier molecular flexibility index (Phi) is 3.83. The van der Waals surface area contributed by atoms with Gasteiger partial charge in [0.15, 0.2) is 0 Å². The van der Waals surface area contributed by atoms with E-state index in [1.165, 1.54) is 0 Å². The Morgan fingerprint density at radius 1 is 1.46 bits per heavy atom. The molecule has 0 radical (unpaired) electrons. The van der Waals surface area contributed by atoms with Crippen LogP contribution in [-0.4, -0.2) is 11.7 Å². The van der Waals surface area contributed by atoms with Crippen molar-refractivity contribution >= 4 is 24.2 Å². The predicted molar refractivity (Wildman–Crippen MR) is 58.3 cm³/mol. The first-order valence-corrected chi connectivity index (χ1v) is 4.83. The Bertz CT molecular complexity index is 299. The lowest BCUT2D eigenvalue weighted by atomic mass is 10.2. The number of rotatable bonds is 3. The fraction of sp³-hybridized carbons (Fsp3) is 0.300. The average molecular weight is 195 g/mol. The van der Waals surface area contributed by atoms with Gasteiger partial charge in [-0.2, -0.15) is 12.6 Å². The second-order valence-electron chi connectivity index (χ2n) is 2.84. The van der Waals surface area contributed by atoms with Gasteiger partial charge < -0.3 is 5.32 Å². The first-order chi connectivity index (χ1) is 6.24. The maximum atomic E-state index is 11.2. The third-order valence-electron chi connectivity index (χ3n) is 1.76. The van der Waals surface area contributed by atoms with Crippen molar-refractivity contribution in [1.29, 1.82) is 0 Å². The normalized spacial score (nSPS) is 9.69. The quantitative estimate of drug-likeness (QED) is 0.712. The molecule has 0 bridgehead atoms. The van der Waals surface area contributed by atoms with Crippen molar-refractivity contribution in [1.82, 2.24) is 0 Å². The van der Waals surface area contributed by atoms with Gasteiger partial charge in [0, 0.05) is 12.1 Å². The molecule has 0 spiro atoms. The first-order valence-electron chi connectivity index (χ1n) is 4.20. The van der Waals surface area contributed by atoms with Gasteiger partial charge in [0.1, 0.15) is 0 Å². The molecule has 0 aliphatic heterocycles. The molecule has 3 heteroatoms. The van der Waals surface area contributed by atoms with E-state index < -0.39 is 0 Å². The molecule has 0 atom stereocenters. The molecule has 0 fully saturated rings. The van der Waals surface area contributed by atoms with Gasteiger partial charge in [-0.25, -0.2) is 0 Å². The van der Waals surface area contributed by atoms with Gasteiger partial charge in [-0.1, -0.05) is 18.2 Å². The number of aryl methyl sites for hydroxylation is 1. The van der Waals surface area contributed by atoms with E-state index in [1.54, 1.807) is 0 Å². The van der Waals surface area contributed by atoms with E-state index in [0.29, 0.717) is 12.2 Å². The number of hydrogen-bond acceptors (Lipinski definition) is 2. The minimum Gasteiger partial charge on any atom is -0.326 e. The first kappa shape index (κ1) is 10.1. The fourth-order valence-electron chi connectivity index (χ4n) is 1.03. The second-order valence-corrected chi connectivity index (χ2v) is 3.28. The molecule has 0 saturated heterocycles. The molecule has 1 amide bonds. The third kappa shape index (κ3) is 3.11. The van der Waals surface area contributed by atoms with Crippen molar-refractivity contribution in [2.24, 2.45) is 0 Å². The van der Waals surface area contributed by atoms with Crippen molar-refractivity contribution in [3.05, 3.63) is 29.8 Å². The minimum atomic E-state index is 0.0179. The van der Waals surface area contributed by atoms with Crippen LogP contribution in [0, 0.1) is 6.92 Å². The molecular weight excluding hydrogens is 182 g/mol. The van der Waals surface area contributed by atoms with Gasteiger partial charge in [-0.3, -0.25) is 4.79 Å². The van der Waals surface area contributed by atoms with Crippen molar-refractivity contribution in [3.8, 4) is 0 Å². The molecule has 0 aromatic heterocycles. The molecule has 0 aliphatic rings. The molecule has 1 aromatic rings. The molecular formula is C10H13NOS. The Labute approximate surface area is 83.8 Å². The Morgan fingerprint density at radius 3 is 2.77 bits per heavy atom. The number of anilines is 1. The Balaban J connectivity index is 2.63. The number of carbonyl (C=O) groups is 1. The SMILES string of the molecule is Cc1ccccc1NC(=O)CCS. The smallest absolute Gasteiger partial charge is 0.225 e. The highest BCUT2D eigenvalue weighted by Crippen LogP contribution is 2.13. The Hall–Kier alpha value is -0.960. The molecule has 0 unspecified atom stereocenters. The van der Waals surface area contributed by atoms with Crippen LogP contribution in [0.5, 0.6) is 0 Å². The molecule has 0 aliphatic carbocycles. The zero-order chi connectivity index (χ0) is 9.68. The van der Waals surface area contributed by atoms with Crippen LogP contribution in [-0.2, 0) is 4.79 Å². The average Bonchev–Trinajstić information content (AvgIpc) is 2.09. The maximum absolute atomic E-state index is 11.2. The molecule has 2 nitrogen and oxygen atoms in total. The number of benzene rings is 1. The highest BCUT2D eigenvalue weighted by Gasteiger charge is 2.01. The lowest BCUT2D eigenvalue weighted by Crippen LogP contribution is -2.12. The largest absolute Gasteiger partial charge is 0.326 e. The lowest BCUT2D eigenvalue weighted by molar-refractivity contribution is -0.115. The number of amides is 1. The number of nitrogens with one attached hydrogen (secondary N) is 1. The molecule has 13 heavy (non-hydrogen) atoms. The van der Waals surface area contributed by atoms with Crippen LogP contribution < -0.4 is 5.32 Å². The highest BCUT2D eigenvalue weighted by molar-refractivity contribution is 7.80. The van der Waals surface area contributed by atoms with Crippen LogP contribution in [0.15, 0.2) is 24.3 Å². The summed E-state index contributed by atoms with van der Waals surface area (Å²) in [6.07, 6.45) is 0.456. The van der Waals surface area contributed by atoms with Gasteiger partial charge >= 0.3 is 0 Å². The lowest BCUT2D eigenvalue weighted by Gasteiger charge is -2.06. The van der Waals surface area contributed by atoms with E-state index in [-0.39, 0.29) is 5.91 Å². The molecule has 1 N–H and O–H groups in total. The summed E-state index contributed by atoms with van der Waals surface area (Å²) in [5.74, 6) is 0.599. The zero-order valence-electron chi connectivity index (χ0n) is 7.58. The Morgan fingerprint density at radius 2 is 2.15 bits per heavy atom. The fourth-order valence-corrected chi connectivity index (χ4v) is 1.23. The summed E-state index contributed by atoms with van der Waals surface area (Å²) < 4.78 is 0. The molecule has 1 aromatic carbocycles. The van der Waals surface area contributed by atoms with Crippen LogP contribution in [0.1, 0.15) is 12.0 Å². The van der Waals surface area contributed by atoms with E-state index in [4.69, 9.17) is 0 Å². The minimum absolute atomic E-state index is 0.0179. The third-order valence-corrected chi connectivity index (χ3v) is 1.98. The number of thiol groups is 1. The maximum Gasteiger partial charge on any atom is 0.225 e. The van der Waals surface area contributed by atoms with Gasteiger partial charge in [0.05, 0.1) is 0 Å². The van der Waals surface area contributed by atoms with Gasteiger partial charge in [-0.15, -0.1) is 0 Å². The second kappa shape index (κ2) is 4.92. The van der Waals surface area contributed by atoms with Gasteiger partial charge in [-0.05, 0) is 24.3 Å². The van der Waals surface area contributed by atoms with Crippen LogP contribution in [0.3, 0.4) is 0 Å². The van der Waals surface area contributed by atoms with Crippen molar-refractivity contribution in [2.75, 3.05) is 11.1 Å². The summed E-state index contributed by atoms with van der Waals surface area (Å²) in [6, 6.07) is 7.72. The summed E-state index contributed by atoms with van der Waals surface area (Å²) in [7, 11) is 0. The molecule has 70 valence electrons. The molecule has 0 saturated carbocycles. The number of hydrogen-bond donors (Lipinski definition) is 2. The van der Waals surface area contributed by atoms with Crippen molar-refractivity contribution in [3.63, 3.8) is 0 Å². The standard InChI is InChI=1S/C10H13NOS/c1-8-4-2-3-5-9(8)11-10(12)6-7-13/h2-5,13H,6-7H2,1H3,(H,11,12). The molecule has 0 heterocycles. The number of para-hydroxylation sites is 1. The van der Waals surface area contributed by atoms with E-state index >= 15 is 0 Å². The zero-order valence-corrected chi connectivity index (χ0v) is 8.47. The predicted octanol–water partition coefficient (Wildman–Crippen LogP) is 2.25. The van der Waals surface area contributed by atoms with E-state index in [1.807, 2.05) is 31.2 Å². The monoisotopic (exact) mass is 195 g/mol. The van der Waals surface area contributed by atoms with Crippen LogP contribution in [0.2, 0.25) is 0 Å². The van der Waals surface area contributed by atoms with Crippen LogP contribution >= 0.6 is 12.6 Å². The summed E-state index contributed by atoms with van der Waals surface area (Å²) in [4.78, 5) is 11.2. The van der Waals surface area contributed by atoms with E-state index in [2.05, 4.69) is 17.9 Å². The van der Waals surface area contributed by atoms with Crippen LogP contribution in [0.25, 0.3) is 0 Å². The molecule has 1 rings (SSSR count). The topological polar surface area (TPSA) is 29.1 Å². The van der Waals surface area contributed by atoms with Crippen molar-refractivity contribution in [2.45, 2.75) is 13.3 Å².